The number of sulfone groups is 2. The van der Waals surface area contributed by atoms with Gasteiger partial charge in [-0.05, 0) is 88.1 Å². The number of rotatable bonds is 12. The van der Waals surface area contributed by atoms with Crippen LogP contribution in [0.2, 0.25) is 0 Å². The Bertz CT molecular complexity index is 3080. The molecule has 4 aliphatic rings. The predicted octanol–water partition coefficient (Wildman–Crippen LogP) is 4.92. The van der Waals surface area contributed by atoms with Crippen LogP contribution in [-0.4, -0.2) is 173 Å². The van der Waals surface area contributed by atoms with E-state index in [0.717, 1.165) is 50.4 Å². The molecule has 4 aliphatic heterocycles. The first-order chi connectivity index (χ1) is 37.4. The zero-order valence-corrected chi connectivity index (χ0v) is 46.9. The first kappa shape index (κ1) is 59.0. The number of nitrogens with two attached hydrogens (primary N) is 2. The minimum absolute atomic E-state index is 0.00361. The van der Waals surface area contributed by atoms with E-state index < -0.39 is 30.9 Å². The van der Waals surface area contributed by atoms with Gasteiger partial charge in [0.1, 0.15) is 22.8 Å². The predicted molar refractivity (Wildman–Crippen MR) is 303 cm³/mol. The second-order valence-corrected chi connectivity index (χ2v) is 23.6. The quantitative estimate of drug-likeness (QED) is 0.118. The molecule has 2 atom stereocenters. The molecule has 8 heterocycles. The highest BCUT2D eigenvalue weighted by molar-refractivity contribution is 7.92. The molecule has 4 aromatic heterocycles. The van der Waals surface area contributed by atoms with Gasteiger partial charge in [-0.25, -0.2) is 26.8 Å². The van der Waals surface area contributed by atoms with Gasteiger partial charge in [-0.1, -0.05) is 38.1 Å². The number of pyridine rings is 2. The average Bonchev–Trinajstić information content (AvgIpc) is 3.93. The summed E-state index contributed by atoms with van der Waals surface area (Å²) in [5.74, 6) is 1.30. The number of aromatic nitrogens is 6. The van der Waals surface area contributed by atoms with Crippen LogP contribution in [0.3, 0.4) is 0 Å². The fraction of sp³-hybridized carbons (Fsp3) is 0.481. The fourth-order valence-electron chi connectivity index (χ4n) is 9.43. The lowest BCUT2D eigenvalue weighted by atomic mass is 10.0. The number of carbonyl (C=O) groups excluding carboxylic acids is 2. The number of carbonyl (C=O) groups is 2. The van der Waals surface area contributed by atoms with Crippen LogP contribution in [0.4, 0.5) is 23.5 Å². The van der Waals surface area contributed by atoms with Crippen LogP contribution < -0.4 is 31.9 Å². The molecule has 0 aliphatic carbocycles. The van der Waals surface area contributed by atoms with Gasteiger partial charge in [-0.2, -0.15) is 19.9 Å². The van der Waals surface area contributed by atoms with Crippen LogP contribution >= 0.6 is 0 Å². The van der Waals surface area contributed by atoms with Crippen LogP contribution in [0, 0.1) is 0 Å². The van der Waals surface area contributed by atoms with Gasteiger partial charge in [-0.15, -0.1) is 0 Å². The second kappa shape index (κ2) is 26.3. The molecule has 22 nitrogen and oxygen atoms in total. The highest BCUT2D eigenvalue weighted by Crippen LogP contribution is 2.35. The number of hydrogen-bond acceptors (Lipinski definition) is 20. The number of nitrogen functional groups attached to an aromatic ring is 2. The Morgan fingerprint density at radius 1 is 0.603 bits per heavy atom. The van der Waals surface area contributed by atoms with Crippen molar-refractivity contribution in [1.82, 2.24) is 40.5 Å². The zero-order chi connectivity index (χ0) is 56.1. The van der Waals surface area contributed by atoms with Gasteiger partial charge in [-0.3, -0.25) is 9.59 Å². The molecule has 420 valence electrons. The highest BCUT2D eigenvalue weighted by atomic mass is 32.2. The van der Waals surface area contributed by atoms with Crippen molar-refractivity contribution in [3.63, 3.8) is 0 Å². The fourth-order valence-corrected chi connectivity index (χ4v) is 13.3. The highest BCUT2D eigenvalue weighted by Gasteiger charge is 2.48. The topological polar surface area (TPSA) is 299 Å². The van der Waals surface area contributed by atoms with Gasteiger partial charge in [0.25, 0.3) is 11.8 Å². The van der Waals surface area contributed by atoms with E-state index in [1.807, 2.05) is 60.0 Å². The number of anilines is 4. The van der Waals surface area contributed by atoms with Crippen LogP contribution in [0.5, 0.6) is 0 Å². The van der Waals surface area contributed by atoms with E-state index in [0.29, 0.717) is 120 Å². The van der Waals surface area contributed by atoms with Gasteiger partial charge in [0.2, 0.25) is 11.9 Å². The number of fused-ring (bicyclic) bond motifs is 2. The Hall–Kier alpha value is -6.70. The molecular formula is C54H72N12O10S2. The van der Waals surface area contributed by atoms with Crippen molar-refractivity contribution in [2.45, 2.75) is 64.6 Å². The van der Waals surface area contributed by atoms with Gasteiger partial charge in [0.15, 0.2) is 31.0 Å². The molecule has 0 unspecified atom stereocenters. The molecule has 2 spiro atoms. The van der Waals surface area contributed by atoms with E-state index >= 15 is 0 Å². The number of morpholine rings is 2. The van der Waals surface area contributed by atoms with Crippen molar-refractivity contribution in [1.29, 1.82) is 0 Å². The normalized spacial score (nSPS) is 20.0. The Morgan fingerprint density at radius 2 is 1.01 bits per heavy atom. The number of nitrogens with one attached hydrogen (secondary N) is 2. The maximum atomic E-state index is 12.0. The van der Waals surface area contributed by atoms with E-state index in [-0.39, 0.29) is 34.8 Å². The smallest absolute Gasteiger partial charge is 0.251 e. The standard InChI is InChI=1S/2C22H24N6O4S.2C5H12O/c2*1-24-20(29)15-4-2-3-14(11-15)17-6-5-16-18(23)26-21(27-19(16)25-17)28-8-9-32-22(12-28)7-10-33(30,31)13-22;2*1-3-5-6-4-2/h2*2-6,11H,7-10,12-13H2,1H3,(H,24,29)(H2,23,25,26,27);2*3-5H2,1-2H3/t2*22-;;/m10../s1. The molecule has 24 heteroatoms. The summed E-state index contributed by atoms with van der Waals surface area (Å²) < 4.78 is 69.9. The number of hydrogen-bond donors (Lipinski definition) is 4. The monoisotopic (exact) mass is 1110 g/mol. The summed E-state index contributed by atoms with van der Waals surface area (Å²) in [6.45, 7) is 14.4. The number of ether oxygens (including phenoxy) is 4. The molecule has 2 aromatic carbocycles. The van der Waals surface area contributed by atoms with Gasteiger partial charge in [0.05, 0.1) is 71.5 Å². The molecule has 10 rings (SSSR count). The third-order valence-electron chi connectivity index (χ3n) is 13.3. The van der Waals surface area contributed by atoms with Crippen molar-refractivity contribution in [3.05, 3.63) is 83.9 Å². The molecule has 2 amide bonds. The van der Waals surface area contributed by atoms with Gasteiger partial charge >= 0.3 is 0 Å². The second-order valence-electron chi connectivity index (χ2n) is 19.3. The molecule has 0 radical (unpaired) electrons. The molecule has 6 N–H and O–H groups in total. The largest absolute Gasteiger partial charge is 0.383 e. The minimum Gasteiger partial charge on any atom is -0.383 e. The van der Waals surface area contributed by atoms with Crippen LogP contribution in [-0.2, 0) is 38.6 Å². The number of amides is 2. The van der Waals surface area contributed by atoms with Gasteiger partial charge in [0, 0.05) is 75.9 Å². The lowest BCUT2D eigenvalue weighted by Crippen LogP contribution is -2.53. The van der Waals surface area contributed by atoms with Crippen molar-refractivity contribution in [3.8, 4) is 22.5 Å². The molecular weight excluding hydrogens is 1040 g/mol. The van der Waals surface area contributed by atoms with Gasteiger partial charge < -0.3 is 50.8 Å². The Balaban J connectivity index is 0.000000187. The summed E-state index contributed by atoms with van der Waals surface area (Å²) >= 11 is 0. The van der Waals surface area contributed by atoms with Crippen molar-refractivity contribution >= 4 is 77.1 Å². The third-order valence-corrected chi connectivity index (χ3v) is 16.9. The molecule has 0 bridgehead atoms. The lowest BCUT2D eigenvalue weighted by molar-refractivity contribution is -0.0366. The van der Waals surface area contributed by atoms with Crippen LogP contribution in [0.25, 0.3) is 44.6 Å². The average molecular weight is 1110 g/mol. The Labute approximate surface area is 456 Å². The molecule has 4 fully saturated rings. The number of benzene rings is 2. The summed E-state index contributed by atoms with van der Waals surface area (Å²) in [6.07, 6.45) is 3.18. The van der Waals surface area contributed by atoms with E-state index in [9.17, 15) is 26.4 Å². The summed E-state index contributed by atoms with van der Waals surface area (Å²) in [4.78, 5) is 55.4. The lowest BCUT2D eigenvalue weighted by Gasteiger charge is -2.39. The molecule has 4 saturated heterocycles. The summed E-state index contributed by atoms with van der Waals surface area (Å²) in [7, 11) is -3.05. The van der Waals surface area contributed by atoms with Crippen molar-refractivity contribution in [2.75, 3.05) is 124 Å². The molecule has 0 saturated carbocycles. The van der Waals surface area contributed by atoms with E-state index in [4.69, 9.17) is 30.4 Å². The van der Waals surface area contributed by atoms with E-state index in [1.54, 1.807) is 50.5 Å². The third kappa shape index (κ3) is 14.9. The number of nitrogens with zero attached hydrogens (tertiary/aromatic N) is 8. The SMILES string of the molecule is CCCOCC.CCCOCC.CNC(=O)c1cccc(-c2ccc3c(N)nc(N4CCO[C@@]5(CCS(=O)(=O)C5)C4)nc3n2)c1.CNC(=O)c1cccc(-c2ccc3c(N)nc(N4CCO[C@]5(CCS(=O)(=O)C5)C4)nc3n2)c1. The first-order valence-electron chi connectivity index (χ1n) is 26.3. The maximum Gasteiger partial charge on any atom is 0.251 e. The molecule has 6 aromatic rings. The van der Waals surface area contributed by atoms with Crippen molar-refractivity contribution < 1.29 is 45.4 Å². The van der Waals surface area contributed by atoms with E-state index in [1.165, 1.54) is 0 Å². The minimum atomic E-state index is -3.11. The molecule has 78 heavy (non-hydrogen) atoms. The summed E-state index contributed by atoms with van der Waals surface area (Å²) in [5.41, 5.74) is 15.8. The maximum absolute atomic E-state index is 12.0. The summed E-state index contributed by atoms with van der Waals surface area (Å²) in [5, 5.41) is 6.48. The summed E-state index contributed by atoms with van der Waals surface area (Å²) in [6, 6.07) is 21.6. The Kier molecular flexibility index (Phi) is 19.9. The van der Waals surface area contributed by atoms with Crippen LogP contribution in [0.15, 0.2) is 72.8 Å². The van der Waals surface area contributed by atoms with Crippen LogP contribution in [0.1, 0.15) is 74.1 Å². The first-order valence-corrected chi connectivity index (χ1v) is 29.9. The van der Waals surface area contributed by atoms with E-state index in [2.05, 4.69) is 54.4 Å². The zero-order valence-electron chi connectivity index (χ0n) is 45.3. The Morgan fingerprint density at radius 3 is 1.35 bits per heavy atom. The van der Waals surface area contributed by atoms with Crippen molar-refractivity contribution in [2.24, 2.45) is 0 Å².